The average Bonchev–Trinajstić information content (AvgIpc) is 2.40. The number of hydrogen-bond donors (Lipinski definition) is 2. The molecule has 0 fully saturated rings. The normalized spacial score (nSPS) is 11.0. The molecule has 3 N–H and O–H groups in total. The number of aromatic nitrogens is 1. The Labute approximate surface area is 117 Å². The fourth-order valence-corrected chi connectivity index (χ4v) is 1.59. The van der Waals surface area contributed by atoms with Crippen LogP contribution in [-0.2, 0) is 0 Å². The van der Waals surface area contributed by atoms with Gasteiger partial charge in [-0.05, 0) is 18.2 Å². The number of nitrogen functional groups attached to an aromatic ring is 1. The first-order valence-electron chi connectivity index (χ1n) is 5.72. The second kappa shape index (κ2) is 5.70. The van der Waals surface area contributed by atoms with E-state index in [-0.39, 0.29) is 16.9 Å². The highest BCUT2D eigenvalue weighted by Gasteiger charge is 2.32. The number of nitrogens with one attached hydrogen (secondary N) is 1. The van der Waals surface area contributed by atoms with Crippen LogP contribution in [-0.4, -0.2) is 17.3 Å². The number of para-hydroxylation sites is 2. The van der Waals surface area contributed by atoms with Crippen molar-refractivity contribution in [2.45, 2.75) is 6.36 Å². The second-order valence-electron chi connectivity index (χ2n) is 3.96. The molecule has 1 amide bonds. The molecule has 0 saturated carbocycles. The summed E-state index contributed by atoms with van der Waals surface area (Å²) in [6.45, 7) is 0. The molecular formula is C13H10F3N3O2. The third-order valence-corrected chi connectivity index (χ3v) is 2.46. The summed E-state index contributed by atoms with van der Waals surface area (Å²) in [5.41, 5.74) is 5.68. The SMILES string of the molecule is Nc1cnccc1C(=O)Nc1ccccc1OC(F)(F)F. The predicted molar refractivity (Wildman–Crippen MR) is 69.7 cm³/mol. The largest absolute Gasteiger partial charge is 0.573 e. The van der Waals surface area contributed by atoms with Gasteiger partial charge in [0.15, 0.2) is 5.75 Å². The molecule has 0 atom stereocenters. The van der Waals surface area contributed by atoms with Crippen LogP contribution in [0.4, 0.5) is 24.5 Å². The molecule has 1 heterocycles. The van der Waals surface area contributed by atoms with Crippen LogP contribution in [0.15, 0.2) is 42.7 Å². The highest BCUT2D eigenvalue weighted by Crippen LogP contribution is 2.30. The van der Waals surface area contributed by atoms with Gasteiger partial charge in [0, 0.05) is 6.20 Å². The smallest absolute Gasteiger partial charge is 0.404 e. The Kier molecular flexibility index (Phi) is 3.97. The number of benzene rings is 1. The number of ether oxygens (including phenoxy) is 1. The zero-order valence-electron chi connectivity index (χ0n) is 10.5. The Bertz CT molecular complexity index is 659. The van der Waals surface area contributed by atoms with Gasteiger partial charge in [-0.25, -0.2) is 0 Å². The molecule has 2 rings (SSSR count). The summed E-state index contributed by atoms with van der Waals surface area (Å²) in [7, 11) is 0. The fraction of sp³-hybridized carbons (Fsp3) is 0.0769. The Morgan fingerprint density at radius 1 is 1.24 bits per heavy atom. The van der Waals surface area contributed by atoms with Crippen LogP contribution in [0.3, 0.4) is 0 Å². The summed E-state index contributed by atoms with van der Waals surface area (Å²) in [6.07, 6.45) is -2.23. The van der Waals surface area contributed by atoms with Gasteiger partial charge in [-0.3, -0.25) is 9.78 Å². The van der Waals surface area contributed by atoms with Gasteiger partial charge in [0.25, 0.3) is 5.91 Å². The van der Waals surface area contributed by atoms with Crippen LogP contribution >= 0.6 is 0 Å². The molecule has 1 aromatic heterocycles. The van der Waals surface area contributed by atoms with E-state index in [0.717, 1.165) is 6.07 Å². The molecule has 0 bridgehead atoms. The van der Waals surface area contributed by atoms with Crippen molar-refractivity contribution in [2.24, 2.45) is 0 Å². The molecule has 1 aromatic carbocycles. The lowest BCUT2D eigenvalue weighted by molar-refractivity contribution is -0.274. The number of carbonyl (C=O) groups is 1. The summed E-state index contributed by atoms with van der Waals surface area (Å²) in [4.78, 5) is 15.7. The number of rotatable bonds is 3. The zero-order valence-corrected chi connectivity index (χ0v) is 10.5. The van der Waals surface area contributed by atoms with Gasteiger partial charge in [-0.2, -0.15) is 0 Å². The maximum atomic E-state index is 12.3. The average molecular weight is 297 g/mol. The minimum Gasteiger partial charge on any atom is -0.404 e. The first-order chi connectivity index (χ1) is 9.87. The van der Waals surface area contributed by atoms with Crippen LogP contribution < -0.4 is 15.8 Å². The summed E-state index contributed by atoms with van der Waals surface area (Å²) in [5, 5.41) is 2.32. The van der Waals surface area contributed by atoms with E-state index < -0.39 is 18.0 Å². The van der Waals surface area contributed by atoms with Crippen LogP contribution in [0, 0.1) is 0 Å². The molecule has 0 aliphatic heterocycles. The Hall–Kier alpha value is -2.77. The minimum atomic E-state index is -4.85. The maximum Gasteiger partial charge on any atom is 0.573 e. The molecule has 0 aliphatic carbocycles. The monoisotopic (exact) mass is 297 g/mol. The lowest BCUT2D eigenvalue weighted by Gasteiger charge is -2.14. The van der Waals surface area contributed by atoms with Gasteiger partial charge in [0.2, 0.25) is 0 Å². The third-order valence-electron chi connectivity index (χ3n) is 2.46. The zero-order chi connectivity index (χ0) is 15.5. The Morgan fingerprint density at radius 3 is 2.62 bits per heavy atom. The van der Waals surface area contributed by atoms with E-state index in [1.807, 2.05) is 0 Å². The molecule has 0 unspecified atom stereocenters. The van der Waals surface area contributed by atoms with Crippen molar-refractivity contribution in [3.05, 3.63) is 48.3 Å². The van der Waals surface area contributed by atoms with Crippen molar-refractivity contribution < 1.29 is 22.7 Å². The van der Waals surface area contributed by atoms with Crippen LogP contribution in [0.1, 0.15) is 10.4 Å². The summed E-state index contributed by atoms with van der Waals surface area (Å²) in [6, 6.07) is 6.57. The molecule has 0 spiro atoms. The van der Waals surface area contributed by atoms with Crippen LogP contribution in [0.25, 0.3) is 0 Å². The van der Waals surface area contributed by atoms with Gasteiger partial charge < -0.3 is 15.8 Å². The van der Waals surface area contributed by atoms with Gasteiger partial charge in [-0.15, -0.1) is 13.2 Å². The number of anilines is 2. The first kappa shape index (κ1) is 14.6. The molecule has 0 aliphatic rings. The van der Waals surface area contributed by atoms with Gasteiger partial charge >= 0.3 is 6.36 Å². The molecule has 21 heavy (non-hydrogen) atoms. The molecule has 8 heteroatoms. The third kappa shape index (κ3) is 3.85. The molecule has 0 saturated heterocycles. The summed E-state index contributed by atoms with van der Waals surface area (Å²) >= 11 is 0. The van der Waals surface area contributed by atoms with Crippen molar-refractivity contribution in [2.75, 3.05) is 11.1 Å². The number of hydrogen-bond acceptors (Lipinski definition) is 4. The highest BCUT2D eigenvalue weighted by atomic mass is 19.4. The summed E-state index contributed by atoms with van der Waals surface area (Å²) in [5.74, 6) is -1.17. The van der Waals surface area contributed by atoms with E-state index in [1.165, 1.54) is 36.7 Å². The van der Waals surface area contributed by atoms with Gasteiger partial charge in [0.1, 0.15) is 0 Å². The lowest BCUT2D eigenvalue weighted by atomic mass is 10.2. The fourth-order valence-electron chi connectivity index (χ4n) is 1.59. The number of carbonyl (C=O) groups excluding carboxylic acids is 1. The standard InChI is InChI=1S/C13H10F3N3O2/c14-13(15,16)21-11-4-2-1-3-10(11)19-12(20)8-5-6-18-7-9(8)17/h1-7H,17H2,(H,19,20). The van der Waals surface area contributed by atoms with Crippen molar-refractivity contribution in [3.63, 3.8) is 0 Å². The van der Waals surface area contributed by atoms with E-state index in [9.17, 15) is 18.0 Å². The van der Waals surface area contributed by atoms with E-state index >= 15 is 0 Å². The molecule has 5 nitrogen and oxygen atoms in total. The van der Waals surface area contributed by atoms with Crippen LogP contribution in [0.5, 0.6) is 5.75 Å². The quantitative estimate of drug-likeness (QED) is 0.913. The number of halogens is 3. The maximum absolute atomic E-state index is 12.3. The molecule has 110 valence electrons. The number of amides is 1. The highest BCUT2D eigenvalue weighted by molar-refractivity contribution is 6.08. The number of nitrogens with two attached hydrogens (primary N) is 1. The number of pyridine rings is 1. The van der Waals surface area contributed by atoms with Crippen molar-refractivity contribution in [1.82, 2.24) is 4.98 Å². The van der Waals surface area contributed by atoms with E-state index in [4.69, 9.17) is 5.73 Å². The van der Waals surface area contributed by atoms with E-state index in [2.05, 4.69) is 15.0 Å². The molecule has 0 radical (unpaired) electrons. The van der Waals surface area contributed by atoms with E-state index in [1.54, 1.807) is 0 Å². The van der Waals surface area contributed by atoms with Crippen molar-refractivity contribution >= 4 is 17.3 Å². The first-order valence-corrected chi connectivity index (χ1v) is 5.72. The van der Waals surface area contributed by atoms with Crippen LogP contribution in [0.2, 0.25) is 0 Å². The summed E-state index contributed by atoms with van der Waals surface area (Å²) < 4.78 is 40.7. The Morgan fingerprint density at radius 2 is 1.95 bits per heavy atom. The van der Waals surface area contributed by atoms with Gasteiger partial charge in [0.05, 0.1) is 23.1 Å². The van der Waals surface area contributed by atoms with Crippen molar-refractivity contribution in [3.8, 4) is 5.75 Å². The Balaban J connectivity index is 2.24. The van der Waals surface area contributed by atoms with Crippen molar-refractivity contribution in [1.29, 1.82) is 0 Å². The number of nitrogens with zero attached hydrogens (tertiary/aromatic N) is 1. The lowest BCUT2D eigenvalue weighted by Crippen LogP contribution is -2.20. The minimum absolute atomic E-state index is 0.104. The number of alkyl halides is 3. The van der Waals surface area contributed by atoms with Gasteiger partial charge in [-0.1, -0.05) is 12.1 Å². The molecule has 2 aromatic rings. The topological polar surface area (TPSA) is 77.2 Å². The second-order valence-corrected chi connectivity index (χ2v) is 3.96. The predicted octanol–water partition coefficient (Wildman–Crippen LogP) is 2.81. The van der Waals surface area contributed by atoms with E-state index in [0.29, 0.717) is 0 Å². The molecular weight excluding hydrogens is 287 g/mol.